The highest BCUT2D eigenvalue weighted by Gasteiger charge is 2.24. The van der Waals surface area contributed by atoms with Gasteiger partial charge in [0.2, 0.25) is 11.8 Å². The molecule has 0 heterocycles. The van der Waals surface area contributed by atoms with Crippen molar-refractivity contribution in [3.05, 3.63) is 0 Å². The quantitative estimate of drug-likeness (QED) is 0.255. The van der Waals surface area contributed by atoms with Crippen LogP contribution in [0.2, 0.25) is 0 Å². The van der Waals surface area contributed by atoms with Gasteiger partial charge in [0, 0.05) is 24.3 Å². The zero-order valence-corrected chi connectivity index (χ0v) is 19.0. The van der Waals surface area contributed by atoms with Crippen molar-refractivity contribution in [2.24, 2.45) is 11.8 Å². The lowest BCUT2D eigenvalue weighted by atomic mass is 10.1. The number of ether oxygens (including phenoxy) is 2. The number of methoxy groups -OCH3 is 2. The fraction of sp³-hybridized carbons (Fsp3) is 0.778. The Labute approximate surface area is 175 Å². The molecule has 0 bridgehead atoms. The number of hydrogen-bond donors (Lipinski definition) is 2. The first-order valence-corrected chi connectivity index (χ1v) is 11.6. The molecule has 0 aliphatic rings. The molecule has 10 heteroatoms. The number of rotatable bonds is 13. The van der Waals surface area contributed by atoms with Gasteiger partial charge in [0.15, 0.2) is 0 Å². The molecular formula is C18H32N2O6S2. The minimum Gasteiger partial charge on any atom is -0.467 e. The highest BCUT2D eigenvalue weighted by atomic mass is 33.1. The molecule has 8 nitrogen and oxygen atoms in total. The molecule has 0 aromatic carbocycles. The van der Waals surface area contributed by atoms with Gasteiger partial charge in [0.05, 0.1) is 14.2 Å². The molecule has 162 valence electrons. The minimum atomic E-state index is -0.777. The molecule has 2 amide bonds. The average molecular weight is 437 g/mol. The second kappa shape index (κ2) is 14.6. The first-order chi connectivity index (χ1) is 13.1. The largest absolute Gasteiger partial charge is 0.467 e. The van der Waals surface area contributed by atoms with Crippen molar-refractivity contribution in [2.75, 3.05) is 25.7 Å². The Morgan fingerprint density at radius 1 is 0.714 bits per heavy atom. The van der Waals surface area contributed by atoms with Crippen LogP contribution in [0.25, 0.3) is 0 Å². The van der Waals surface area contributed by atoms with Crippen molar-refractivity contribution in [3.63, 3.8) is 0 Å². The van der Waals surface area contributed by atoms with E-state index in [1.165, 1.54) is 35.8 Å². The lowest BCUT2D eigenvalue weighted by molar-refractivity contribution is -0.144. The summed E-state index contributed by atoms with van der Waals surface area (Å²) >= 11 is 0. The van der Waals surface area contributed by atoms with Crippen LogP contribution in [0.3, 0.4) is 0 Å². The van der Waals surface area contributed by atoms with E-state index in [1.807, 2.05) is 27.7 Å². The third-order valence-corrected chi connectivity index (χ3v) is 5.80. The molecule has 2 N–H and O–H groups in total. The Bertz CT molecular complexity index is 482. The molecule has 1 unspecified atom stereocenters. The SMILES string of the molecule is COC(=O)C(CSSC[C@H](NC(=O)CC(C)C)C(=O)OC)NC(=O)CC(C)C. The topological polar surface area (TPSA) is 111 Å². The average Bonchev–Trinajstić information content (AvgIpc) is 2.60. The zero-order chi connectivity index (χ0) is 21.7. The van der Waals surface area contributed by atoms with Gasteiger partial charge in [-0.05, 0) is 11.8 Å². The summed E-state index contributed by atoms with van der Waals surface area (Å²) in [5.41, 5.74) is 0. The third kappa shape index (κ3) is 12.1. The molecule has 2 atom stereocenters. The van der Waals surface area contributed by atoms with Crippen molar-refractivity contribution >= 4 is 45.3 Å². The molecular weight excluding hydrogens is 404 g/mol. The smallest absolute Gasteiger partial charge is 0.329 e. The molecule has 0 saturated carbocycles. The van der Waals surface area contributed by atoms with E-state index in [1.54, 1.807) is 0 Å². The summed E-state index contributed by atoms with van der Waals surface area (Å²) in [6.45, 7) is 7.66. The summed E-state index contributed by atoms with van der Waals surface area (Å²) in [6, 6.07) is -1.55. The second-order valence-electron chi connectivity index (χ2n) is 7.05. The fourth-order valence-corrected chi connectivity index (χ4v) is 4.40. The maximum absolute atomic E-state index is 11.9. The van der Waals surface area contributed by atoms with E-state index >= 15 is 0 Å². The summed E-state index contributed by atoms with van der Waals surface area (Å²) in [6.07, 6.45) is 0.634. The van der Waals surface area contributed by atoms with Crippen LogP contribution in [0.5, 0.6) is 0 Å². The first-order valence-electron chi connectivity index (χ1n) is 9.09. The van der Waals surface area contributed by atoms with Crippen LogP contribution in [-0.4, -0.2) is 61.6 Å². The highest BCUT2D eigenvalue weighted by Crippen LogP contribution is 2.24. The maximum atomic E-state index is 11.9. The van der Waals surface area contributed by atoms with Crippen LogP contribution >= 0.6 is 21.6 Å². The molecule has 0 saturated heterocycles. The van der Waals surface area contributed by atoms with Gasteiger partial charge in [0.1, 0.15) is 12.1 Å². The molecule has 0 fully saturated rings. The van der Waals surface area contributed by atoms with Crippen LogP contribution in [0.1, 0.15) is 40.5 Å². The van der Waals surface area contributed by atoms with Gasteiger partial charge in [-0.2, -0.15) is 0 Å². The monoisotopic (exact) mass is 436 g/mol. The number of amides is 2. The van der Waals surface area contributed by atoms with Crippen LogP contribution in [0, 0.1) is 11.8 Å². The first kappa shape index (κ1) is 26.6. The number of nitrogens with one attached hydrogen (secondary N) is 2. The molecule has 0 aliphatic carbocycles. The summed E-state index contributed by atoms with van der Waals surface area (Å²) in [7, 11) is 5.14. The Hall–Kier alpha value is -1.42. The van der Waals surface area contributed by atoms with Gasteiger partial charge in [-0.3, -0.25) is 9.59 Å². The lowest BCUT2D eigenvalue weighted by Gasteiger charge is -2.18. The van der Waals surface area contributed by atoms with Gasteiger partial charge in [0.25, 0.3) is 0 Å². The third-order valence-electron chi connectivity index (χ3n) is 3.38. The Morgan fingerprint density at radius 3 is 1.29 bits per heavy atom. The summed E-state index contributed by atoms with van der Waals surface area (Å²) < 4.78 is 9.47. The van der Waals surface area contributed by atoms with Gasteiger partial charge < -0.3 is 20.1 Å². The normalized spacial score (nSPS) is 13.0. The van der Waals surface area contributed by atoms with E-state index in [0.29, 0.717) is 12.8 Å². The molecule has 0 aromatic heterocycles. The molecule has 0 aliphatic heterocycles. The van der Waals surface area contributed by atoms with Crippen LogP contribution in [0.15, 0.2) is 0 Å². The standard InChI is InChI=1S/C18H32N2O6S2/c1-11(2)7-15(21)19-13(17(23)25-5)9-27-28-10-14(18(24)26-6)20-16(22)8-12(3)4/h11-14H,7-10H2,1-6H3,(H,19,21)(H,20,22)/t13-,14?/m0/s1. The zero-order valence-electron chi connectivity index (χ0n) is 17.4. The van der Waals surface area contributed by atoms with Crippen molar-refractivity contribution < 1.29 is 28.7 Å². The second-order valence-corrected chi connectivity index (χ2v) is 9.60. The van der Waals surface area contributed by atoms with Crippen molar-refractivity contribution in [2.45, 2.75) is 52.6 Å². The van der Waals surface area contributed by atoms with Crippen molar-refractivity contribution in [1.82, 2.24) is 10.6 Å². The van der Waals surface area contributed by atoms with E-state index in [9.17, 15) is 19.2 Å². The lowest BCUT2D eigenvalue weighted by Crippen LogP contribution is -2.44. The van der Waals surface area contributed by atoms with E-state index in [-0.39, 0.29) is 35.2 Å². The number of hydrogen-bond acceptors (Lipinski definition) is 8. The van der Waals surface area contributed by atoms with Crippen molar-refractivity contribution in [3.8, 4) is 0 Å². The molecule has 0 spiro atoms. The fourth-order valence-electron chi connectivity index (χ4n) is 2.10. The van der Waals surface area contributed by atoms with Crippen molar-refractivity contribution in [1.29, 1.82) is 0 Å². The summed E-state index contributed by atoms with van der Waals surface area (Å²) in [4.78, 5) is 47.6. The number of carbonyl (C=O) groups excluding carboxylic acids is 4. The molecule has 0 aromatic rings. The minimum absolute atomic E-state index is 0.176. The van der Waals surface area contributed by atoms with E-state index in [0.717, 1.165) is 0 Å². The van der Waals surface area contributed by atoms with Gasteiger partial charge in [-0.1, -0.05) is 49.3 Å². The maximum Gasteiger partial charge on any atom is 0.329 e. The number of esters is 2. The van der Waals surface area contributed by atoms with E-state index < -0.39 is 24.0 Å². The highest BCUT2D eigenvalue weighted by molar-refractivity contribution is 8.76. The number of carbonyl (C=O) groups is 4. The van der Waals surface area contributed by atoms with E-state index in [4.69, 9.17) is 9.47 Å². The van der Waals surface area contributed by atoms with Crippen LogP contribution < -0.4 is 10.6 Å². The van der Waals surface area contributed by atoms with Gasteiger partial charge >= 0.3 is 11.9 Å². The van der Waals surface area contributed by atoms with Gasteiger partial charge in [-0.25, -0.2) is 9.59 Å². The predicted octanol–water partition coefficient (Wildman–Crippen LogP) is 1.78. The Kier molecular flexibility index (Phi) is 13.8. The molecule has 0 radical (unpaired) electrons. The Morgan fingerprint density at radius 2 is 1.04 bits per heavy atom. The van der Waals surface area contributed by atoms with Gasteiger partial charge in [-0.15, -0.1) is 0 Å². The summed E-state index contributed by atoms with van der Waals surface area (Å²) in [5, 5.41) is 5.33. The van der Waals surface area contributed by atoms with E-state index in [2.05, 4.69) is 10.6 Å². The summed E-state index contributed by atoms with van der Waals surface area (Å²) in [5.74, 6) is -0.593. The Balaban J connectivity index is 4.61. The molecule has 0 rings (SSSR count). The molecule has 28 heavy (non-hydrogen) atoms. The van der Waals surface area contributed by atoms with Crippen LogP contribution in [-0.2, 0) is 28.7 Å². The predicted molar refractivity (Wildman–Crippen MR) is 112 cm³/mol. The van der Waals surface area contributed by atoms with Crippen LogP contribution in [0.4, 0.5) is 0 Å².